The van der Waals surface area contributed by atoms with Gasteiger partial charge in [-0.15, -0.1) is 0 Å². The highest BCUT2D eigenvalue weighted by Crippen LogP contribution is 2.45. The number of hydrogen-bond acceptors (Lipinski definition) is 15. The van der Waals surface area contributed by atoms with Crippen LogP contribution in [0.4, 0.5) is 0 Å². The van der Waals surface area contributed by atoms with Crippen LogP contribution in [0.3, 0.4) is 0 Å². The number of rotatable bonds is 67. The first kappa shape index (κ1) is 87.1. The molecule has 0 radical (unpaired) electrons. The van der Waals surface area contributed by atoms with Gasteiger partial charge in [0.25, 0.3) is 0 Å². The Morgan fingerprint density at radius 1 is 0.281 bits per heavy atom. The van der Waals surface area contributed by atoms with Crippen LogP contribution in [0.2, 0.25) is 0 Å². The first-order chi connectivity index (χ1) is 42.6. The SMILES string of the molecule is CC(C)CCCCCCCCCCCCCCC(=O)OC[C@H](COP(=O)(O)OCC(O)COP(=O)(O)OC[C@@H](COC(=O)CCCCCCCCCCC(C)C)OC(=O)CCCCCCCCCCCC(C)C)OC(=O)CCCCCCCCCCC(C)C. The van der Waals surface area contributed by atoms with Crippen molar-refractivity contribution in [3.05, 3.63) is 0 Å². The molecule has 0 rings (SSSR count). The minimum Gasteiger partial charge on any atom is -0.462 e. The second kappa shape index (κ2) is 59.8. The maximum atomic E-state index is 13.0. The van der Waals surface area contributed by atoms with E-state index in [0.717, 1.165) is 114 Å². The Kier molecular flexibility index (Phi) is 58.5. The number of aliphatic hydroxyl groups is 1. The molecule has 0 aromatic heterocycles. The lowest BCUT2D eigenvalue weighted by Crippen LogP contribution is -2.30. The second-order valence-electron chi connectivity index (χ2n) is 27.2. The van der Waals surface area contributed by atoms with Crippen molar-refractivity contribution in [2.45, 2.75) is 363 Å². The Morgan fingerprint density at radius 2 is 0.472 bits per heavy atom. The maximum absolute atomic E-state index is 13.0. The van der Waals surface area contributed by atoms with Crippen molar-refractivity contribution in [3.63, 3.8) is 0 Å². The molecule has 0 bridgehead atoms. The third-order valence-corrected chi connectivity index (χ3v) is 18.0. The van der Waals surface area contributed by atoms with Crippen molar-refractivity contribution in [3.8, 4) is 0 Å². The Morgan fingerprint density at radius 3 is 0.697 bits per heavy atom. The number of hydrogen-bond donors (Lipinski definition) is 3. The summed E-state index contributed by atoms with van der Waals surface area (Å²) in [4.78, 5) is 72.5. The first-order valence-electron chi connectivity index (χ1n) is 36.2. The molecule has 0 heterocycles. The smallest absolute Gasteiger partial charge is 0.462 e. The zero-order valence-corrected chi connectivity index (χ0v) is 59.8. The molecule has 0 aromatic carbocycles. The van der Waals surface area contributed by atoms with E-state index in [9.17, 15) is 43.2 Å². The molecule has 528 valence electrons. The molecule has 0 saturated heterocycles. The lowest BCUT2D eigenvalue weighted by atomic mass is 10.0. The van der Waals surface area contributed by atoms with Crippen LogP contribution in [-0.2, 0) is 65.4 Å². The van der Waals surface area contributed by atoms with E-state index in [1.165, 1.54) is 148 Å². The average molecular weight is 1310 g/mol. The molecule has 0 saturated carbocycles. The summed E-state index contributed by atoms with van der Waals surface area (Å²) in [5, 5.41) is 10.6. The summed E-state index contributed by atoms with van der Waals surface area (Å²) >= 11 is 0. The van der Waals surface area contributed by atoms with Crippen molar-refractivity contribution in [2.24, 2.45) is 23.7 Å². The lowest BCUT2D eigenvalue weighted by Gasteiger charge is -2.21. The van der Waals surface area contributed by atoms with Crippen LogP contribution >= 0.6 is 15.6 Å². The van der Waals surface area contributed by atoms with Gasteiger partial charge < -0.3 is 33.8 Å². The summed E-state index contributed by atoms with van der Waals surface area (Å²) in [6.07, 6.45) is 41.8. The molecule has 17 nitrogen and oxygen atoms in total. The third-order valence-electron chi connectivity index (χ3n) is 16.1. The van der Waals surface area contributed by atoms with Gasteiger partial charge in [0.2, 0.25) is 0 Å². The Labute approximate surface area is 543 Å². The topological polar surface area (TPSA) is 237 Å². The number of phosphoric ester groups is 2. The standard InChI is InChI=1S/C70H136O17P2/c1-60(2)46-38-30-22-14-11-9-10-12-16-26-34-42-50-67(72)80-56-66(87-70(75)53-45-37-29-21-19-25-33-41-49-63(7)8)59-85-89(78,79)83-55-64(71)54-82-88(76,77)84-58-65(57-81-68(73)51-43-35-27-20-18-24-32-40-48-62(5)6)86-69(74)52-44-36-28-17-13-15-23-31-39-47-61(3)4/h60-66,71H,9-59H2,1-8H3,(H,76,77)(H,78,79)/t64?,65-,66-/m1/s1. The molecule has 19 heteroatoms. The Balaban J connectivity index is 5.25. The maximum Gasteiger partial charge on any atom is 0.472 e. The van der Waals surface area contributed by atoms with Gasteiger partial charge >= 0.3 is 39.5 Å². The van der Waals surface area contributed by atoms with E-state index in [0.29, 0.717) is 25.7 Å². The lowest BCUT2D eigenvalue weighted by molar-refractivity contribution is -0.161. The van der Waals surface area contributed by atoms with Crippen molar-refractivity contribution >= 4 is 39.5 Å². The number of esters is 4. The minimum atomic E-state index is -4.95. The average Bonchev–Trinajstić information content (AvgIpc) is 3.67. The van der Waals surface area contributed by atoms with Crippen LogP contribution in [0.1, 0.15) is 344 Å². The van der Waals surface area contributed by atoms with Gasteiger partial charge in [-0.2, -0.15) is 0 Å². The fourth-order valence-corrected chi connectivity index (χ4v) is 12.1. The number of phosphoric acid groups is 2. The predicted molar refractivity (Wildman–Crippen MR) is 358 cm³/mol. The first-order valence-corrected chi connectivity index (χ1v) is 39.2. The van der Waals surface area contributed by atoms with Gasteiger partial charge in [0, 0.05) is 25.7 Å². The molecular formula is C70H136O17P2. The van der Waals surface area contributed by atoms with Crippen molar-refractivity contribution in [1.29, 1.82) is 0 Å². The predicted octanol–water partition coefficient (Wildman–Crippen LogP) is 19.7. The minimum absolute atomic E-state index is 0.104. The van der Waals surface area contributed by atoms with Crippen LogP contribution in [-0.4, -0.2) is 96.7 Å². The van der Waals surface area contributed by atoms with Crippen LogP contribution in [0.25, 0.3) is 0 Å². The van der Waals surface area contributed by atoms with Gasteiger partial charge in [0.05, 0.1) is 26.4 Å². The number of carbonyl (C=O) groups is 4. The van der Waals surface area contributed by atoms with E-state index < -0.39 is 97.5 Å². The fourth-order valence-electron chi connectivity index (χ4n) is 10.5. The number of aliphatic hydroxyl groups excluding tert-OH is 1. The molecule has 5 atom stereocenters. The third kappa shape index (κ3) is 64.6. The zero-order chi connectivity index (χ0) is 66.1. The highest BCUT2D eigenvalue weighted by atomic mass is 31.2. The fraction of sp³-hybridized carbons (Fsp3) is 0.943. The molecule has 0 amide bonds. The second-order valence-corrected chi connectivity index (χ2v) is 30.1. The Hall–Kier alpha value is -1.94. The molecule has 0 aliphatic rings. The summed E-state index contributed by atoms with van der Waals surface area (Å²) < 4.78 is 68.3. The van der Waals surface area contributed by atoms with E-state index in [1.807, 2.05) is 0 Å². The van der Waals surface area contributed by atoms with E-state index in [-0.39, 0.29) is 25.7 Å². The normalized spacial score (nSPS) is 14.3. The highest BCUT2D eigenvalue weighted by molar-refractivity contribution is 7.47. The Bertz CT molecular complexity index is 1760. The summed E-state index contributed by atoms with van der Waals surface area (Å²) in [5.41, 5.74) is 0. The molecule has 0 spiro atoms. The molecule has 3 unspecified atom stereocenters. The van der Waals surface area contributed by atoms with Crippen LogP contribution in [0, 0.1) is 23.7 Å². The monoisotopic (exact) mass is 1310 g/mol. The van der Waals surface area contributed by atoms with E-state index in [4.69, 9.17) is 37.0 Å². The molecule has 0 aliphatic heterocycles. The molecule has 3 N–H and O–H groups in total. The highest BCUT2D eigenvalue weighted by Gasteiger charge is 2.30. The summed E-state index contributed by atoms with van der Waals surface area (Å²) in [5.74, 6) is 0.832. The van der Waals surface area contributed by atoms with Crippen LogP contribution in [0.5, 0.6) is 0 Å². The number of ether oxygens (including phenoxy) is 4. The van der Waals surface area contributed by atoms with Crippen LogP contribution < -0.4 is 0 Å². The number of carbonyl (C=O) groups excluding carboxylic acids is 4. The van der Waals surface area contributed by atoms with E-state index in [2.05, 4.69) is 55.4 Å². The molecular weight excluding hydrogens is 1170 g/mol. The molecule has 0 aliphatic carbocycles. The van der Waals surface area contributed by atoms with Crippen molar-refractivity contribution in [1.82, 2.24) is 0 Å². The molecule has 89 heavy (non-hydrogen) atoms. The van der Waals surface area contributed by atoms with Gasteiger partial charge in [-0.1, -0.05) is 293 Å². The summed E-state index contributed by atoms with van der Waals surface area (Å²) in [6, 6.07) is 0. The summed E-state index contributed by atoms with van der Waals surface area (Å²) in [6.45, 7) is 14.1. The largest absolute Gasteiger partial charge is 0.472 e. The number of unbranched alkanes of at least 4 members (excludes halogenated alkanes) is 33. The van der Waals surface area contributed by atoms with E-state index in [1.54, 1.807) is 0 Å². The van der Waals surface area contributed by atoms with Gasteiger partial charge in [-0.3, -0.25) is 37.3 Å². The zero-order valence-electron chi connectivity index (χ0n) is 58.1. The molecule has 0 aromatic rings. The van der Waals surface area contributed by atoms with Crippen molar-refractivity contribution in [2.75, 3.05) is 39.6 Å². The molecule has 0 fully saturated rings. The van der Waals surface area contributed by atoms with Crippen LogP contribution in [0.15, 0.2) is 0 Å². The quantitative estimate of drug-likeness (QED) is 0.0222. The van der Waals surface area contributed by atoms with Gasteiger partial charge in [0.15, 0.2) is 12.2 Å². The van der Waals surface area contributed by atoms with Crippen molar-refractivity contribution < 1.29 is 80.2 Å². The summed E-state index contributed by atoms with van der Waals surface area (Å²) in [7, 11) is -9.90. The van der Waals surface area contributed by atoms with E-state index >= 15 is 0 Å². The van der Waals surface area contributed by atoms with Gasteiger partial charge in [-0.05, 0) is 49.4 Å². The van der Waals surface area contributed by atoms with Gasteiger partial charge in [0.1, 0.15) is 19.3 Å². The van der Waals surface area contributed by atoms with Gasteiger partial charge in [-0.25, -0.2) is 9.13 Å².